The van der Waals surface area contributed by atoms with Gasteiger partial charge in [-0.15, -0.1) is 0 Å². The lowest BCUT2D eigenvalue weighted by molar-refractivity contribution is -0.152. The molecule has 0 aromatic carbocycles. The van der Waals surface area contributed by atoms with Crippen LogP contribution in [0.5, 0.6) is 0 Å². The van der Waals surface area contributed by atoms with Gasteiger partial charge in [-0.3, -0.25) is 4.79 Å². The van der Waals surface area contributed by atoms with E-state index in [9.17, 15) is 9.59 Å². The van der Waals surface area contributed by atoms with E-state index in [0.29, 0.717) is 0 Å². The van der Waals surface area contributed by atoms with Crippen molar-refractivity contribution in [2.45, 2.75) is 13.3 Å². The molecular formula is C4H9N3O3. The van der Waals surface area contributed by atoms with Gasteiger partial charge in [0, 0.05) is 6.42 Å². The predicted molar refractivity (Wildman–Crippen MR) is 32.2 cm³/mol. The number of hydrogen-bond acceptors (Lipinski definition) is 4. The van der Waals surface area contributed by atoms with E-state index in [1.54, 1.807) is 6.92 Å². The second-order valence-corrected chi connectivity index (χ2v) is 1.42. The molecular weight excluding hydrogens is 138 g/mol. The van der Waals surface area contributed by atoms with E-state index in [0.717, 1.165) is 0 Å². The Balaban J connectivity index is 3.20. The fraction of sp³-hybridized carbons (Fsp3) is 0.500. The first-order valence-corrected chi connectivity index (χ1v) is 2.67. The van der Waals surface area contributed by atoms with Crippen molar-refractivity contribution in [1.82, 2.24) is 11.0 Å². The van der Waals surface area contributed by atoms with Gasteiger partial charge in [0.25, 0.3) is 0 Å². The van der Waals surface area contributed by atoms with Crippen LogP contribution >= 0.6 is 0 Å². The average Bonchev–Trinajstić information content (AvgIpc) is 1.87. The Hall–Kier alpha value is -1.30. The molecule has 0 unspecified atom stereocenters. The van der Waals surface area contributed by atoms with Crippen LogP contribution in [0.1, 0.15) is 13.3 Å². The van der Waals surface area contributed by atoms with Crippen molar-refractivity contribution in [3.8, 4) is 0 Å². The van der Waals surface area contributed by atoms with Crippen LogP contribution in [0.25, 0.3) is 0 Å². The summed E-state index contributed by atoms with van der Waals surface area (Å²) >= 11 is 0. The highest BCUT2D eigenvalue weighted by atomic mass is 16.7. The van der Waals surface area contributed by atoms with E-state index >= 15 is 0 Å². The van der Waals surface area contributed by atoms with Crippen molar-refractivity contribution in [3.05, 3.63) is 0 Å². The topological polar surface area (TPSA) is 93.4 Å². The van der Waals surface area contributed by atoms with Gasteiger partial charge >= 0.3 is 12.0 Å². The Bertz CT molecular complexity index is 136. The van der Waals surface area contributed by atoms with Crippen molar-refractivity contribution in [2.24, 2.45) is 5.73 Å². The Morgan fingerprint density at radius 2 is 2.20 bits per heavy atom. The summed E-state index contributed by atoms with van der Waals surface area (Å²) in [5.41, 5.74) is 8.33. The van der Waals surface area contributed by atoms with Crippen molar-refractivity contribution in [1.29, 1.82) is 0 Å². The molecule has 0 aromatic rings. The van der Waals surface area contributed by atoms with Gasteiger partial charge in [0.2, 0.25) is 0 Å². The van der Waals surface area contributed by atoms with Crippen LogP contribution in [0.4, 0.5) is 4.79 Å². The Labute approximate surface area is 57.6 Å². The molecule has 0 aliphatic heterocycles. The number of carbonyl (C=O) groups is 2. The highest BCUT2D eigenvalue weighted by molar-refractivity contribution is 5.71. The Kier molecular flexibility index (Phi) is 3.97. The standard InChI is InChI=1S/C4H9N3O3/c1-2-3(8)10-7-6-4(5)9/h7H,2H2,1H3,(H3,5,6,9). The number of nitrogens with one attached hydrogen (secondary N) is 2. The number of amides is 2. The minimum atomic E-state index is -0.816. The van der Waals surface area contributed by atoms with E-state index < -0.39 is 12.0 Å². The van der Waals surface area contributed by atoms with Crippen molar-refractivity contribution >= 4 is 12.0 Å². The molecule has 0 saturated carbocycles. The summed E-state index contributed by atoms with van der Waals surface area (Å²) in [6.07, 6.45) is 0.230. The average molecular weight is 147 g/mol. The number of urea groups is 1. The molecule has 2 amide bonds. The van der Waals surface area contributed by atoms with Gasteiger partial charge in [0.1, 0.15) is 0 Å². The number of primary amides is 1. The van der Waals surface area contributed by atoms with Crippen LogP contribution in [0.2, 0.25) is 0 Å². The Morgan fingerprint density at radius 1 is 1.60 bits per heavy atom. The molecule has 0 aromatic heterocycles. The monoisotopic (exact) mass is 147 g/mol. The maximum absolute atomic E-state index is 10.3. The van der Waals surface area contributed by atoms with E-state index in [4.69, 9.17) is 0 Å². The van der Waals surface area contributed by atoms with Gasteiger partial charge in [-0.2, -0.15) is 0 Å². The zero-order valence-corrected chi connectivity index (χ0v) is 5.51. The number of hydrogen-bond donors (Lipinski definition) is 3. The maximum Gasteiger partial charge on any atom is 0.329 e. The SMILES string of the molecule is CCC(=O)ONNC(N)=O. The molecule has 6 heteroatoms. The van der Waals surface area contributed by atoms with Gasteiger partial charge in [-0.05, 0) is 0 Å². The lowest BCUT2D eigenvalue weighted by Crippen LogP contribution is -2.41. The summed E-state index contributed by atoms with van der Waals surface area (Å²) in [5, 5.41) is 0. The summed E-state index contributed by atoms with van der Waals surface area (Å²) in [7, 11) is 0. The molecule has 0 atom stereocenters. The maximum atomic E-state index is 10.3. The number of rotatable bonds is 3. The van der Waals surface area contributed by atoms with Gasteiger partial charge in [0.05, 0.1) is 0 Å². The fourth-order valence-electron chi connectivity index (χ4n) is 0.205. The minimum absolute atomic E-state index is 0.230. The summed E-state index contributed by atoms with van der Waals surface area (Å²) in [6.45, 7) is 1.62. The number of nitrogens with two attached hydrogens (primary N) is 1. The van der Waals surface area contributed by atoms with Crippen LogP contribution in [0.15, 0.2) is 0 Å². The highest BCUT2D eigenvalue weighted by Crippen LogP contribution is 1.76. The number of hydrazine groups is 1. The summed E-state index contributed by atoms with van der Waals surface area (Å²) in [4.78, 5) is 24.4. The van der Waals surface area contributed by atoms with Crippen LogP contribution in [0.3, 0.4) is 0 Å². The smallest absolute Gasteiger partial charge is 0.329 e. The van der Waals surface area contributed by atoms with Gasteiger partial charge in [-0.25, -0.2) is 10.2 Å². The first-order valence-electron chi connectivity index (χ1n) is 2.67. The number of carbonyl (C=O) groups excluding carboxylic acids is 2. The predicted octanol–water partition coefficient (Wildman–Crippen LogP) is -0.972. The third kappa shape index (κ3) is 4.85. The summed E-state index contributed by atoms with van der Waals surface area (Å²) in [6, 6.07) is -0.816. The van der Waals surface area contributed by atoms with E-state index in [2.05, 4.69) is 10.6 Å². The second kappa shape index (κ2) is 4.57. The first-order chi connectivity index (χ1) is 4.66. The molecule has 0 spiro atoms. The molecule has 0 bridgehead atoms. The Morgan fingerprint density at radius 3 is 2.60 bits per heavy atom. The molecule has 6 nitrogen and oxygen atoms in total. The normalized spacial score (nSPS) is 8.50. The van der Waals surface area contributed by atoms with Crippen molar-refractivity contribution < 1.29 is 14.4 Å². The molecule has 0 heterocycles. The van der Waals surface area contributed by atoms with Crippen molar-refractivity contribution in [3.63, 3.8) is 0 Å². The van der Waals surface area contributed by atoms with Gasteiger partial charge < -0.3 is 10.6 Å². The first kappa shape index (κ1) is 8.70. The molecule has 0 fully saturated rings. The van der Waals surface area contributed by atoms with Crippen LogP contribution in [-0.2, 0) is 9.63 Å². The lowest BCUT2D eigenvalue weighted by atomic mass is 10.5. The second-order valence-electron chi connectivity index (χ2n) is 1.42. The van der Waals surface area contributed by atoms with Crippen LogP contribution < -0.4 is 16.7 Å². The molecule has 10 heavy (non-hydrogen) atoms. The third-order valence-electron chi connectivity index (χ3n) is 0.628. The van der Waals surface area contributed by atoms with E-state index in [1.165, 1.54) is 0 Å². The molecule has 0 saturated heterocycles. The van der Waals surface area contributed by atoms with E-state index in [-0.39, 0.29) is 6.42 Å². The fourth-order valence-corrected chi connectivity index (χ4v) is 0.205. The molecule has 0 aliphatic carbocycles. The van der Waals surface area contributed by atoms with Crippen LogP contribution in [0, 0.1) is 0 Å². The van der Waals surface area contributed by atoms with Gasteiger partial charge in [0.15, 0.2) is 0 Å². The molecule has 58 valence electrons. The third-order valence-corrected chi connectivity index (χ3v) is 0.628. The zero-order chi connectivity index (χ0) is 7.98. The molecule has 4 N–H and O–H groups in total. The van der Waals surface area contributed by atoms with E-state index in [1.807, 2.05) is 11.0 Å². The largest absolute Gasteiger partial charge is 0.351 e. The van der Waals surface area contributed by atoms with Crippen molar-refractivity contribution in [2.75, 3.05) is 0 Å². The molecule has 0 aliphatic rings. The zero-order valence-electron chi connectivity index (χ0n) is 5.51. The van der Waals surface area contributed by atoms with Gasteiger partial charge in [-0.1, -0.05) is 12.5 Å². The molecule has 0 rings (SSSR count). The summed E-state index contributed by atoms with van der Waals surface area (Å²) in [5.74, 6) is -0.478. The summed E-state index contributed by atoms with van der Waals surface area (Å²) < 4.78 is 0. The lowest BCUT2D eigenvalue weighted by Gasteiger charge is -2.02. The van der Waals surface area contributed by atoms with Crippen LogP contribution in [-0.4, -0.2) is 12.0 Å². The minimum Gasteiger partial charge on any atom is -0.351 e. The highest BCUT2D eigenvalue weighted by Gasteiger charge is 1.96. The molecule has 0 radical (unpaired) electrons. The quantitative estimate of drug-likeness (QED) is 0.447.